The monoisotopic (exact) mass is 319 g/mol. The Bertz CT molecular complexity index is 550. The predicted molar refractivity (Wildman–Crippen MR) is 71.2 cm³/mol. The first-order valence-electron chi connectivity index (χ1n) is 6.54. The third kappa shape index (κ3) is 3.02. The van der Waals surface area contributed by atoms with Crippen molar-refractivity contribution in [2.24, 2.45) is 0 Å². The Morgan fingerprint density at radius 3 is 2.48 bits per heavy atom. The van der Waals surface area contributed by atoms with Crippen LogP contribution in [0.3, 0.4) is 0 Å². The maximum absolute atomic E-state index is 12.5. The van der Waals surface area contributed by atoms with E-state index in [1.807, 2.05) is 0 Å². The molecule has 1 aromatic rings. The van der Waals surface area contributed by atoms with Crippen LogP contribution < -0.4 is 0 Å². The van der Waals surface area contributed by atoms with Crippen LogP contribution in [0.25, 0.3) is 5.76 Å². The van der Waals surface area contributed by atoms with Crippen molar-refractivity contribution in [1.29, 1.82) is 0 Å². The van der Waals surface area contributed by atoms with Crippen molar-refractivity contribution in [2.45, 2.75) is 18.6 Å². The lowest BCUT2D eigenvalue weighted by molar-refractivity contribution is -0.137. The van der Waals surface area contributed by atoms with Gasteiger partial charge in [0.15, 0.2) is 5.76 Å². The molecule has 1 fully saturated rings. The van der Waals surface area contributed by atoms with Gasteiger partial charge in [0.05, 0.1) is 29.8 Å². The van der Waals surface area contributed by atoms with Crippen molar-refractivity contribution < 1.29 is 22.7 Å². The zero-order valence-electron chi connectivity index (χ0n) is 11.0. The van der Waals surface area contributed by atoms with E-state index in [0.717, 1.165) is 18.6 Å². The van der Waals surface area contributed by atoms with Gasteiger partial charge in [0, 0.05) is 12.2 Å². The van der Waals surface area contributed by atoms with Gasteiger partial charge >= 0.3 is 6.18 Å². The molecule has 2 heterocycles. The number of halogens is 4. The first kappa shape index (κ1) is 14.7. The van der Waals surface area contributed by atoms with E-state index in [4.69, 9.17) is 21.2 Å². The van der Waals surface area contributed by atoms with Crippen LogP contribution >= 0.6 is 11.6 Å². The smallest absolute Gasteiger partial charge is 0.403 e. The van der Waals surface area contributed by atoms with Gasteiger partial charge in [0.25, 0.3) is 0 Å². The number of ether oxygens (including phenoxy) is 1. The molecule has 114 valence electrons. The SMILES string of the molecule is FC(F)(F)c1ccc(C2=C(Cl)CN([C@@H]3CCOC3)O2)cc1. The standard InChI is InChI=1S/C14H13ClF3NO2/c15-12-7-19(11-5-6-20-8-11)21-13(12)9-1-3-10(4-2-9)14(16,17)18/h1-4,11H,5-8H2/t11-/m1/s1. The second-order valence-corrected chi connectivity index (χ2v) is 5.45. The van der Waals surface area contributed by atoms with Crippen LogP contribution in [0, 0.1) is 0 Å². The molecule has 21 heavy (non-hydrogen) atoms. The maximum Gasteiger partial charge on any atom is 0.416 e. The van der Waals surface area contributed by atoms with Crippen molar-refractivity contribution >= 4 is 17.4 Å². The van der Waals surface area contributed by atoms with E-state index in [9.17, 15) is 13.2 Å². The molecule has 1 saturated heterocycles. The molecule has 0 saturated carbocycles. The summed E-state index contributed by atoms with van der Waals surface area (Å²) in [5.41, 5.74) is -0.156. The average molecular weight is 320 g/mol. The molecule has 2 aliphatic rings. The zero-order chi connectivity index (χ0) is 15.0. The Labute approximate surface area is 124 Å². The summed E-state index contributed by atoms with van der Waals surface area (Å²) in [6.45, 7) is 1.67. The van der Waals surface area contributed by atoms with Crippen LogP contribution in [0.5, 0.6) is 0 Å². The number of hydroxylamine groups is 2. The summed E-state index contributed by atoms with van der Waals surface area (Å²) < 4.78 is 42.9. The highest BCUT2D eigenvalue weighted by molar-refractivity contribution is 6.32. The summed E-state index contributed by atoms with van der Waals surface area (Å²) in [6, 6.07) is 4.92. The number of rotatable bonds is 2. The fraction of sp³-hybridized carbons (Fsp3) is 0.429. The molecular weight excluding hydrogens is 307 g/mol. The van der Waals surface area contributed by atoms with Gasteiger partial charge in [-0.25, -0.2) is 0 Å². The van der Waals surface area contributed by atoms with Gasteiger partial charge in [0.1, 0.15) is 0 Å². The summed E-state index contributed by atoms with van der Waals surface area (Å²) >= 11 is 6.17. The molecule has 0 amide bonds. The molecule has 2 aliphatic heterocycles. The number of nitrogens with zero attached hydrogens (tertiary/aromatic N) is 1. The van der Waals surface area contributed by atoms with Crippen LogP contribution in [0.1, 0.15) is 17.5 Å². The Morgan fingerprint density at radius 2 is 1.90 bits per heavy atom. The van der Waals surface area contributed by atoms with Gasteiger partial charge in [-0.3, -0.25) is 0 Å². The lowest BCUT2D eigenvalue weighted by Gasteiger charge is -2.21. The Balaban J connectivity index is 1.76. The molecule has 0 spiro atoms. The highest BCUT2D eigenvalue weighted by atomic mass is 35.5. The van der Waals surface area contributed by atoms with Crippen molar-refractivity contribution in [3.63, 3.8) is 0 Å². The molecule has 0 unspecified atom stereocenters. The van der Waals surface area contributed by atoms with Gasteiger partial charge in [-0.2, -0.15) is 13.2 Å². The minimum absolute atomic E-state index is 0.130. The number of alkyl halides is 3. The fourth-order valence-electron chi connectivity index (χ4n) is 2.38. The summed E-state index contributed by atoms with van der Waals surface area (Å²) in [5, 5.41) is 2.21. The second-order valence-electron chi connectivity index (χ2n) is 4.99. The maximum atomic E-state index is 12.5. The summed E-state index contributed by atoms with van der Waals surface area (Å²) in [5.74, 6) is 0.414. The number of benzene rings is 1. The second kappa shape index (κ2) is 5.51. The molecule has 3 rings (SSSR count). The molecule has 1 atom stereocenters. The molecule has 0 N–H and O–H groups in total. The Hall–Kier alpha value is -1.24. The summed E-state index contributed by atoms with van der Waals surface area (Å²) in [6.07, 6.45) is -3.50. The number of hydrogen-bond acceptors (Lipinski definition) is 3. The largest absolute Gasteiger partial charge is 0.416 e. The molecule has 0 aromatic heterocycles. The summed E-state index contributed by atoms with van der Waals surface area (Å²) in [7, 11) is 0. The minimum atomic E-state index is -4.35. The highest BCUT2D eigenvalue weighted by Gasteiger charge is 2.33. The molecule has 0 bridgehead atoms. The quantitative estimate of drug-likeness (QED) is 0.830. The van der Waals surface area contributed by atoms with Crippen LogP contribution in [0.2, 0.25) is 0 Å². The van der Waals surface area contributed by atoms with Crippen molar-refractivity contribution in [3.8, 4) is 0 Å². The molecule has 7 heteroatoms. The van der Waals surface area contributed by atoms with Crippen LogP contribution in [-0.4, -0.2) is 30.9 Å². The lowest BCUT2D eigenvalue weighted by atomic mass is 10.1. The first-order valence-corrected chi connectivity index (χ1v) is 6.91. The van der Waals surface area contributed by atoms with Crippen molar-refractivity contribution in [2.75, 3.05) is 19.8 Å². The van der Waals surface area contributed by atoms with Crippen molar-refractivity contribution in [1.82, 2.24) is 5.06 Å². The van der Waals surface area contributed by atoms with Gasteiger partial charge < -0.3 is 9.57 Å². The van der Waals surface area contributed by atoms with Crippen LogP contribution in [0.15, 0.2) is 29.3 Å². The lowest BCUT2D eigenvalue weighted by Crippen LogP contribution is -2.32. The third-order valence-electron chi connectivity index (χ3n) is 3.54. The van der Waals surface area contributed by atoms with Gasteiger partial charge in [-0.15, -0.1) is 5.06 Å². The normalized spacial score (nSPS) is 23.7. The average Bonchev–Trinajstić information content (AvgIpc) is 3.07. The van der Waals surface area contributed by atoms with E-state index < -0.39 is 11.7 Å². The van der Waals surface area contributed by atoms with Crippen LogP contribution in [0.4, 0.5) is 13.2 Å². The van der Waals surface area contributed by atoms with Gasteiger partial charge in [-0.1, -0.05) is 23.7 Å². The van der Waals surface area contributed by atoms with E-state index in [-0.39, 0.29) is 6.04 Å². The van der Waals surface area contributed by atoms with E-state index in [0.29, 0.717) is 36.1 Å². The molecule has 1 aromatic carbocycles. The minimum Gasteiger partial charge on any atom is -0.403 e. The third-order valence-corrected chi connectivity index (χ3v) is 3.83. The zero-order valence-corrected chi connectivity index (χ0v) is 11.7. The molecule has 3 nitrogen and oxygen atoms in total. The molecule has 0 radical (unpaired) electrons. The van der Waals surface area contributed by atoms with Gasteiger partial charge in [0.2, 0.25) is 0 Å². The van der Waals surface area contributed by atoms with E-state index in [2.05, 4.69) is 0 Å². The topological polar surface area (TPSA) is 21.7 Å². The Kier molecular flexibility index (Phi) is 3.86. The molecular formula is C14H13ClF3NO2. The van der Waals surface area contributed by atoms with E-state index >= 15 is 0 Å². The summed E-state index contributed by atoms with van der Waals surface area (Å²) in [4.78, 5) is 5.69. The molecule has 0 aliphatic carbocycles. The number of hydrogen-bond donors (Lipinski definition) is 0. The van der Waals surface area contributed by atoms with Crippen molar-refractivity contribution in [3.05, 3.63) is 40.4 Å². The van der Waals surface area contributed by atoms with Gasteiger partial charge in [-0.05, 0) is 18.6 Å². The Morgan fingerprint density at radius 1 is 1.19 bits per heavy atom. The van der Waals surface area contributed by atoms with Crippen LogP contribution in [-0.2, 0) is 15.8 Å². The van der Waals surface area contributed by atoms with E-state index in [1.165, 1.54) is 12.1 Å². The fourth-order valence-corrected chi connectivity index (χ4v) is 2.64. The first-order chi connectivity index (χ1) is 9.95. The van der Waals surface area contributed by atoms with E-state index in [1.54, 1.807) is 5.06 Å². The highest BCUT2D eigenvalue weighted by Crippen LogP contribution is 2.35. The predicted octanol–water partition coefficient (Wildman–Crippen LogP) is 3.65.